The quantitative estimate of drug-likeness (QED) is 0.464. The van der Waals surface area contributed by atoms with Gasteiger partial charge in [-0.25, -0.2) is 8.42 Å². The lowest BCUT2D eigenvalue weighted by molar-refractivity contribution is -0.118. The predicted molar refractivity (Wildman–Crippen MR) is 137 cm³/mol. The minimum Gasteiger partial charge on any atom is -0.389 e. The molecule has 35 heavy (non-hydrogen) atoms. The molecule has 2 aliphatic rings. The van der Waals surface area contributed by atoms with E-state index in [-0.39, 0.29) is 21.1 Å². The first-order valence-electron chi connectivity index (χ1n) is 12.6. The van der Waals surface area contributed by atoms with E-state index in [2.05, 4.69) is 10.4 Å². The minimum absolute atomic E-state index is 0.167. The van der Waals surface area contributed by atoms with Crippen molar-refractivity contribution in [2.24, 2.45) is 5.92 Å². The molecule has 1 heterocycles. The summed E-state index contributed by atoms with van der Waals surface area (Å²) in [5.41, 5.74) is -0.198. The number of amides is 1. The summed E-state index contributed by atoms with van der Waals surface area (Å²) in [5.74, 6) is 0.215. The maximum absolute atomic E-state index is 13.4. The van der Waals surface area contributed by atoms with Crippen LogP contribution in [0, 0.1) is 5.92 Å². The number of anilines is 1. The van der Waals surface area contributed by atoms with Crippen molar-refractivity contribution in [1.29, 1.82) is 0 Å². The van der Waals surface area contributed by atoms with Gasteiger partial charge in [-0.05, 0) is 56.7 Å². The van der Waals surface area contributed by atoms with Gasteiger partial charge in [-0.2, -0.15) is 5.10 Å². The van der Waals surface area contributed by atoms with Crippen molar-refractivity contribution in [2.75, 3.05) is 5.32 Å². The lowest BCUT2D eigenvalue weighted by atomic mass is 9.87. The number of benzene rings is 1. The molecular formula is C26H36ClN3O4S. The van der Waals surface area contributed by atoms with Gasteiger partial charge in [-0.3, -0.25) is 9.48 Å². The van der Waals surface area contributed by atoms with E-state index in [1.165, 1.54) is 12.8 Å². The Bertz CT molecular complexity index is 1140. The van der Waals surface area contributed by atoms with E-state index in [1.807, 2.05) is 0 Å². The lowest BCUT2D eigenvalue weighted by Gasteiger charge is -2.21. The van der Waals surface area contributed by atoms with Gasteiger partial charge in [-0.1, -0.05) is 56.2 Å². The molecule has 2 saturated carbocycles. The first-order chi connectivity index (χ1) is 16.5. The molecule has 2 aliphatic carbocycles. The van der Waals surface area contributed by atoms with Crippen LogP contribution in [0.15, 0.2) is 35.4 Å². The van der Waals surface area contributed by atoms with Gasteiger partial charge in [0, 0.05) is 12.3 Å². The number of nitrogens with one attached hydrogen (secondary N) is 1. The van der Waals surface area contributed by atoms with Gasteiger partial charge in [0.15, 0.2) is 15.7 Å². The Hall–Kier alpha value is -1.90. The van der Waals surface area contributed by atoms with Gasteiger partial charge in [0.25, 0.3) is 0 Å². The van der Waals surface area contributed by atoms with Crippen LogP contribution in [0.1, 0.15) is 83.1 Å². The minimum atomic E-state index is -3.48. The Morgan fingerprint density at radius 2 is 1.83 bits per heavy atom. The monoisotopic (exact) mass is 521 g/mol. The third-order valence-corrected chi connectivity index (χ3v) is 9.95. The molecule has 1 unspecified atom stereocenters. The number of carbonyl (C=O) groups is 1. The Morgan fingerprint density at radius 1 is 1.17 bits per heavy atom. The molecule has 0 spiro atoms. The second kappa shape index (κ2) is 10.6. The van der Waals surface area contributed by atoms with Gasteiger partial charge in [0.2, 0.25) is 5.91 Å². The maximum atomic E-state index is 13.4. The fourth-order valence-electron chi connectivity index (χ4n) is 5.44. The van der Waals surface area contributed by atoms with E-state index < -0.39 is 21.4 Å². The molecule has 1 amide bonds. The standard InChI is InChI=1S/C26H36ClN3O4S/c1-26(2,32)17-30-14-13-24(29-30)28-25(31)21(15-18-7-3-4-8-18)19-11-12-23(22(27)16-19)35(33,34)20-9-5-6-10-20/h11-14,16,18,20-21,32H,3-10,15,17H2,1-2H3,(H,28,29,31). The molecule has 0 saturated heterocycles. The van der Waals surface area contributed by atoms with Crippen molar-refractivity contribution in [3.63, 3.8) is 0 Å². The molecule has 192 valence electrons. The molecule has 4 rings (SSSR count). The number of aromatic nitrogens is 2. The molecule has 0 aliphatic heterocycles. The van der Waals surface area contributed by atoms with Crippen LogP contribution in [0.25, 0.3) is 0 Å². The van der Waals surface area contributed by atoms with E-state index in [1.54, 1.807) is 49.0 Å². The van der Waals surface area contributed by atoms with Crippen LogP contribution >= 0.6 is 11.6 Å². The van der Waals surface area contributed by atoms with Gasteiger partial charge < -0.3 is 10.4 Å². The molecule has 2 N–H and O–H groups in total. The number of sulfone groups is 1. The highest BCUT2D eigenvalue weighted by Crippen LogP contribution is 2.38. The highest BCUT2D eigenvalue weighted by Gasteiger charge is 2.33. The van der Waals surface area contributed by atoms with Gasteiger partial charge >= 0.3 is 0 Å². The molecule has 2 aromatic rings. The van der Waals surface area contributed by atoms with Gasteiger partial charge in [0.05, 0.1) is 33.2 Å². The van der Waals surface area contributed by atoms with Crippen molar-refractivity contribution in [3.05, 3.63) is 41.0 Å². The van der Waals surface area contributed by atoms with Crippen LogP contribution in [-0.2, 0) is 21.2 Å². The smallest absolute Gasteiger partial charge is 0.233 e. The van der Waals surface area contributed by atoms with E-state index in [4.69, 9.17) is 11.6 Å². The lowest BCUT2D eigenvalue weighted by Crippen LogP contribution is -2.27. The third-order valence-electron chi connectivity index (χ3n) is 7.21. The van der Waals surface area contributed by atoms with Crippen LogP contribution in [0.4, 0.5) is 5.82 Å². The van der Waals surface area contributed by atoms with Crippen molar-refractivity contribution < 1.29 is 18.3 Å². The summed E-state index contributed by atoms with van der Waals surface area (Å²) in [4.78, 5) is 13.6. The van der Waals surface area contributed by atoms with Gasteiger partial charge in [0.1, 0.15) is 0 Å². The van der Waals surface area contributed by atoms with E-state index in [0.29, 0.717) is 37.5 Å². The highest BCUT2D eigenvalue weighted by molar-refractivity contribution is 7.92. The Kier molecular flexibility index (Phi) is 7.93. The number of carbonyl (C=O) groups excluding carboxylic acids is 1. The van der Waals surface area contributed by atoms with E-state index in [9.17, 15) is 18.3 Å². The van der Waals surface area contributed by atoms with Crippen molar-refractivity contribution in [2.45, 2.75) is 99.8 Å². The molecule has 1 aromatic carbocycles. The summed E-state index contributed by atoms with van der Waals surface area (Å²) in [6.07, 6.45) is 10.1. The average molecular weight is 522 g/mol. The van der Waals surface area contributed by atoms with Crippen LogP contribution in [0.2, 0.25) is 5.02 Å². The van der Waals surface area contributed by atoms with Gasteiger partial charge in [-0.15, -0.1) is 0 Å². The predicted octanol–water partition coefficient (Wildman–Crippen LogP) is 5.33. The van der Waals surface area contributed by atoms with Crippen LogP contribution in [0.5, 0.6) is 0 Å². The fourth-order valence-corrected chi connectivity index (χ4v) is 7.86. The topological polar surface area (TPSA) is 101 Å². The Labute approximate surface area is 213 Å². The van der Waals surface area contributed by atoms with Crippen molar-refractivity contribution >= 4 is 33.2 Å². The molecule has 7 nitrogen and oxygen atoms in total. The highest BCUT2D eigenvalue weighted by atomic mass is 35.5. The fraction of sp³-hybridized carbons (Fsp3) is 0.615. The van der Waals surface area contributed by atoms with Crippen molar-refractivity contribution in [3.8, 4) is 0 Å². The average Bonchev–Trinajstić information content (AvgIpc) is 3.54. The summed E-state index contributed by atoms with van der Waals surface area (Å²) < 4.78 is 27.8. The van der Waals surface area contributed by atoms with E-state index in [0.717, 1.165) is 31.2 Å². The number of rotatable bonds is 9. The van der Waals surface area contributed by atoms with Crippen LogP contribution in [-0.4, -0.2) is 40.1 Å². The molecule has 1 aromatic heterocycles. The normalized spacial score (nSPS) is 18.7. The second-order valence-corrected chi connectivity index (χ2v) is 13.4. The van der Waals surface area contributed by atoms with Crippen molar-refractivity contribution in [1.82, 2.24) is 9.78 Å². The zero-order valence-electron chi connectivity index (χ0n) is 20.5. The SMILES string of the molecule is CC(C)(O)Cn1ccc(NC(=O)C(CC2CCCC2)c2ccc(S(=O)(=O)C3CCCC3)c(Cl)c2)n1. The molecule has 1 atom stereocenters. The van der Waals surface area contributed by atoms with E-state index >= 15 is 0 Å². The molecule has 2 fully saturated rings. The number of aliphatic hydroxyl groups is 1. The Balaban J connectivity index is 1.56. The molecular weight excluding hydrogens is 486 g/mol. The Morgan fingerprint density at radius 3 is 2.46 bits per heavy atom. The maximum Gasteiger partial charge on any atom is 0.233 e. The molecule has 9 heteroatoms. The zero-order chi connectivity index (χ0) is 25.2. The molecule has 0 radical (unpaired) electrons. The zero-order valence-corrected chi connectivity index (χ0v) is 22.1. The van der Waals surface area contributed by atoms with Crippen LogP contribution < -0.4 is 5.32 Å². The summed E-state index contributed by atoms with van der Waals surface area (Å²) in [6, 6.07) is 6.70. The second-order valence-electron chi connectivity index (χ2n) is 10.8. The summed E-state index contributed by atoms with van der Waals surface area (Å²) >= 11 is 6.53. The summed E-state index contributed by atoms with van der Waals surface area (Å²) in [5, 5.41) is 17.1. The first kappa shape index (κ1) is 26.2. The third kappa shape index (κ3) is 6.46. The molecule has 0 bridgehead atoms. The summed E-state index contributed by atoms with van der Waals surface area (Å²) in [6.45, 7) is 3.71. The number of hydrogen-bond donors (Lipinski definition) is 2. The first-order valence-corrected chi connectivity index (χ1v) is 14.6. The number of nitrogens with zero attached hydrogens (tertiary/aromatic N) is 2. The largest absolute Gasteiger partial charge is 0.389 e. The number of hydrogen-bond acceptors (Lipinski definition) is 5. The summed E-state index contributed by atoms with van der Waals surface area (Å²) in [7, 11) is -3.48. The number of halogens is 1. The van der Waals surface area contributed by atoms with Crippen LogP contribution in [0.3, 0.4) is 0 Å².